The zero-order valence-corrected chi connectivity index (χ0v) is 16.8. The molecular formula is C19H20N10O2. The maximum atomic E-state index is 12.8. The molecule has 0 spiro atoms. The lowest BCUT2D eigenvalue weighted by atomic mass is 10.0. The Morgan fingerprint density at radius 2 is 1.94 bits per heavy atom. The van der Waals surface area contributed by atoms with Crippen molar-refractivity contribution in [2.45, 2.75) is 32.2 Å². The predicted molar refractivity (Wildman–Crippen MR) is 108 cm³/mol. The van der Waals surface area contributed by atoms with Gasteiger partial charge in [0.25, 0.3) is 5.56 Å². The van der Waals surface area contributed by atoms with Crippen LogP contribution in [0.25, 0.3) is 16.9 Å². The van der Waals surface area contributed by atoms with Gasteiger partial charge in [0.1, 0.15) is 12.2 Å². The van der Waals surface area contributed by atoms with Crippen molar-refractivity contribution < 1.29 is 4.79 Å². The number of nitrogens with one attached hydrogen (secondary N) is 1. The highest BCUT2D eigenvalue weighted by Gasteiger charge is 2.26. The zero-order chi connectivity index (χ0) is 21.4. The van der Waals surface area contributed by atoms with Crippen molar-refractivity contribution in [2.75, 3.05) is 13.1 Å². The lowest BCUT2D eigenvalue weighted by Crippen LogP contribution is -2.40. The number of aryl methyl sites for hydroxylation is 1. The third-order valence-corrected chi connectivity index (χ3v) is 5.52. The molecule has 1 aliphatic rings. The Hall–Kier alpha value is -3.96. The van der Waals surface area contributed by atoms with Gasteiger partial charge in [-0.05, 0) is 47.9 Å². The minimum atomic E-state index is -0.285. The number of hydrogen-bond acceptors (Lipinski definition) is 8. The molecule has 3 aromatic heterocycles. The Balaban J connectivity index is 1.22. The van der Waals surface area contributed by atoms with Crippen LogP contribution in [0, 0.1) is 6.92 Å². The van der Waals surface area contributed by atoms with Gasteiger partial charge in [-0.15, -0.1) is 10.2 Å². The van der Waals surface area contributed by atoms with Crippen molar-refractivity contribution in [1.29, 1.82) is 0 Å². The highest BCUT2D eigenvalue weighted by atomic mass is 16.2. The molecule has 1 aromatic carbocycles. The number of hydrogen-bond donors (Lipinski definition) is 1. The monoisotopic (exact) mass is 420 g/mol. The van der Waals surface area contributed by atoms with Crippen LogP contribution in [0.2, 0.25) is 0 Å². The largest absolute Gasteiger partial charge is 0.342 e. The summed E-state index contributed by atoms with van der Waals surface area (Å²) in [7, 11) is 0. The number of amides is 1. The van der Waals surface area contributed by atoms with Crippen LogP contribution in [0.15, 0.2) is 35.4 Å². The molecular weight excluding hydrogens is 400 g/mol. The van der Waals surface area contributed by atoms with E-state index in [1.807, 2.05) is 29.2 Å². The van der Waals surface area contributed by atoms with Crippen molar-refractivity contribution in [3.8, 4) is 5.69 Å². The molecule has 4 aromatic rings. The number of rotatable bonds is 4. The number of carbonyl (C=O) groups is 1. The Labute approximate surface area is 175 Å². The van der Waals surface area contributed by atoms with E-state index in [1.165, 1.54) is 6.33 Å². The molecule has 0 atom stereocenters. The first-order chi connectivity index (χ1) is 15.1. The Morgan fingerprint density at radius 1 is 1.16 bits per heavy atom. The number of H-pyrrole nitrogens is 1. The molecule has 1 amide bonds. The summed E-state index contributed by atoms with van der Waals surface area (Å²) in [5.74, 6) is 0.613. The lowest BCUT2D eigenvalue weighted by Gasteiger charge is -2.32. The molecule has 1 N–H and O–H groups in total. The van der Waals surface area contributed by atoms with E-state index >= 15 is 0 Å². The van der Waals surface area contributed by atoms with E-state index < -0.39 is 0 Å². The number of likely N-dealkylation sites (tertiary alicyclic amines) is 1. The third-order valence-electron chi connectivity index (χ3n) is 5.52. The minimum absolute atomic E-state index is 0.0540. The molecule has 0 bridgehead atoms. The standard InChI is InChI=1S/C19H20N10O2/c1-12-21-18-17(19(31)22-12)23-25-29(18)15-6-8-27(9-7-15)16(30)10-13-2-4-14(5-3-13)28-11-20-24-26-28/h2-5,11,15H,6-10H2,1H3,(H,21,22,31). The molecule has 5 rings (SSSR count). The number of benzene rings is 1. The summed E-state index contributed by atoms with van der Waals surface area (Å²) >= 11 is 0. The Kier molecular flexibility index (Phi) is 4.73. The number of aromatic amines is 1. The van der Waals surface area contributed by atoms with E-state index in [0.29, 0.717) is 31.0 Å². The first-order valence-electron chi connectivity index (χ1n) is 10.0. The number of tetrazole rings is 1. The van der Waals surface area contributed by atoms with Gasteiger partial charge >= 0.3 is 0 Å². The van der Waals surface area contributed by atoms with Crippen LogP contribution >= 0.6 is 0 Å². The normalized spacial score (nSPS) is 14.9. The summed E-state index contributed by atoms with van der Waals surface area (Å²) in [6.45, 7) is 2.97. The second kappa shape index (κ2) is 7.70. The van der Waals surface area contributed by atoms with Gasteiger partial charge in [-0.3, -0.25) is 9.59 Å². The molecule has 1 fully saturated rings. The number of carbonyl (C=O) groups excluding carboxylic acids is 1. The maximum absolute atomic E-state index is 12.8. The van der Waals surface area contributed by atoms with Gasteiger partial charge in [0, 0.05) is 13.1 Å². The quantitative estimate of drug-likeness (QED) is 0.494. The highest BCUT2D eigenvalue weighted by molar-refractivity contribution is 5.79. The van der Waals surface area contributed by atoms with Gasteiger partial charge in [-0.25, -0.2) is 14.3 Å². The number of nitrogens with zero attached hydrogens (tertiary/aromatic N) is 9. The summed E-state index contributed by atoms with van der Waals surface area (Å²) in [6, 6.07) is 7.65. The molecule has 0 radical (unpaired) electrons. The molecule has 31 heavy (non-hydrogen) atoms. The SMILES string of the molecule is Cc1nc2c(nnn2C2CCN(C(=O)Cc3ccc(-n4cnnn4)cc3)CC2)c(=O)[nH]1. The third kappa shape index (κ3) is 3.67. The van der Waals surface area contributed by atoms with Crippen molar-refractivity contribution in [3.63, 3.8) is 0 Å². The van der Waals surface area contributed by atoms with Crippen LogP contribution in [0.1, 0.15) is 30.3 Å². The molecule has 1 aliphatic heterocycles. The molecule has 0 unspecified atom stereocenters. The van der Waals surface area contributed by atoms with Crippen LogP contribution in [0.3, 0.4) is 0 Å². The molecule has 12 heteroatoms. The summed E-state index contributed by atoms with van der Waals surface area (Å²) in [5.41, 5.74) is 2.23. The van der Waals surface area contributed by atoms with Gasteiger partial charge in [0.2, 0.25) is 5.91 Å². The van der Waals surface area contributed by atoms with E-state index in [9.17, 15) is 9.59 Å². The molecule has 1 saturated heterocycles. The minimum Gasteiger partial charge on any atom is -0.342 e. The first kappa shape index (κ1) is 19.0. The highest BCUT2D eigenvalue weighted by Crippen LogP contribution is 2.24. The van der Waals surface area contributed by atoms with E-state index in [0.717, 1.165) is 24.1 Å². The first-order valence-corrected chi connectivity index (χ1v) is 10.0. The molecule has 0 aliphatic carbocycles. The van der Waals surface area contributed by atoms with E-state index in [2.05, 4.69) is 35.8 Å². The van der Waals surface area contributed by atoms with E-state index in [4.69, 9.17) is 0 Å². The second-order valence-electron chi connectivity index (χ2n) is 7.57. The van der Waals surface area contributed by atoms with Crippen molar-refractivity contribution in [1.82, 2.24) is 50.1 Å². The number of fused-ring (bicyclic) bond motifs is 1. The van der Waals surface area contributed by atoms with Gasteiger partial charge < -0.3 is 9.88 Å². The lowest BCUT2D eigenvalue weighted by molar-refractivity contribution is -0.131. The second-order valence-corrected chi connectivity index (χ2v) is 7.57. The molecule has 158 valence electrons. The fraction of sp³-hybridized carbons (Fsp3) is 0.368. The van der Waals surface area contributed by atoms with Crippen LogP contribution in [0.5, 0.6) is 0 Å². The fourth-order valence-electron chi connectivity index (χ4n) is 3.89. The topological polar surface area (TPSA) is 140 Å². The van der Waals surface area contributed by atoms with Crippen molar-refractivity contribution >= 4 is 17.1 Å². The van der Waals surface area contributed by atoms with Crippen LogP contribution in [-0.2, 0) is 11.2 Å². The van der Waals surface area contributed by atoms with Crippen LogP contribution in [0.4, 0.5) is 0 Å². The Morgan fingerprint density at radius 3 is 2.65 bits per heavy atom. The van der Waals surface area contributed by atoms with Gasteiger partial charge in [-0.2, -0.15) is 0 Å². The maximum Gasteiger partial charge on any atom is 0.281 e. The molecule has 4 heterocycles. The zero-order valence-electron chi connectivity index (χ0n) is 16.8. The van der Waals surface area contributed by atoms with Gasteiger partial charge in [0.15, 0.2) is 11.2 Å². The van der Waals surface area contributed by atoms with Crippen molar-refractivity contribution in [3.05, 3.63) is 52.3 Å². The van der Waals surface area contributed by atoms with Gasteiger partial charge in [0.05, 0.1) is 18.2 Å². The smallest absolute Gasteiger partial charge is 0.281 e. The van der Waals surface area contributed by atoms with Crippen LogP contribution in [-0.4, -0.2) is 69.1 Å². The summed E-state index contributed by atoms with van der Waals surface area (Å²) in [6.07, 6.45) is 3.32. The molecule has 12 nitrogen and oxygen atoms in total. The average molecular weight is 420 g/mol. The van der Waals surface area contributed by atoms with Crippen LogP contribution < -0.4 is 5.56 Å². The summed E-state index contributed by atoms with van der Waals surface area (Å²) in [4.78, 5) is 33.7. The predicted octanol–water partition coefficient (Wildman–Crippen LogP) is 0.205. The number of piperidine rings is 1. The fourth-order valence-corrected chi connectivity index (χ4v) is 3.89. The van der Waals surface area contributed by atoms with Crippen molar-refractivity contribution in [2.24, 2.45) is 0 Å². The summed E-state index contributed by atoms with van der Waals surface area (Å²) in [5, 5.41) is 19.2. The van der Waals surface area contributed by atoms with Gasteiger partial charge in [-0.1, -0.05) is 17.3 Å². The van der Waals surface area contributed by atoms with E-state index in [1.54, 1.807) is 16.3 Å². The number of aromatic nitrogens is 9. The molecule has 0 saturated carbocycles. The summed E-state index contributed by atoms with van der Waals surface area (Å²) < 4.78 is 3.28. The average Bonchev–Trinajstić information content (AvgIpc) is 3.45. The van der Waals surface area contributed by atoms with E-state index in [-0.39, 0.29) is 23.0 Å². The Bertz CT molecular complexity index is 1270.